The van der Waals surface area contributed by atoms with Gasteiger partial charge in [-0.1, -0.05) is 6.92 Å². The van der Waals surface area contributed by atoms with Gasteiger partial charge in [0.1, 0.15) is 17.0 Å². The van der Waals surface area contributed by atoms with Gasteiger partial charge in [-0.25, -0.2) is 0 Å². The number of hydrogen-bond acceptors (Lipinski definition) is 5. The Labute approximate surface area is 120 Å². The molecular formula is C15H24O5. The maximum Gasteiger partial charge on any atom is 0.313 e. The first-order chi connectivity index (χ1) is 9.03. The molecule has 1 aliphatic rings. The van der Waals surface area contributed by atoms with Crippen LogP contribution in [0.3, 0.4) is 0 Å². The lowest BCUT2D eigenvalue weighted by Gasteiger charge is -2.43. The number of methoxy groups -OCH3 is 1. The van der Waals surface area contributed by atoms with E-state index >= 15 is 0 Å². The van der Waals surface area contributed by atoms with Crippen molar-refractivity contribution in [2.24, 2.45) is 11.8 Å². The number of ketones is 2. The van der Waals surface area contributed by atoms with Gasteiger partial charge in [0.15, 0.2) is 5.78 Å². The highest BCUT2D eigenvalue weighted by molar-refractivity contribution is 5.98. The van der Waals surface area contributed by atoms with E-state index < -0.39 is 23.1 Å². The van der Waals surface area contributed by atoms with Gasteiger partial charge in [-0.2, -0.15) is 0 Å². The van der Waals surface area contributed by atoms with Crippen LogP contribution in [0.1, 0.15) is 47.5 Å². The second kappa shape index (κ2) is 5.64. The van der Waals surface area contributed by atoms with Crippen LogP contribution in [-0.4, -0.2) is 35.8 Å². The van der Waals surface area contributed by atoms with E-state index in [-0.39, 0.29) is 30.3 Å². The van der Waals surface area contributed by atoms with E-state index in [1.165, 1.54) is 14.0 Å². The van der Waals surface area contributed by atoms with E-state index in [2.05, 4.69) is 0 Å². The third-order valence-corrected chi connectivity index (χ3v) is 3.70. The summed E-state index contributed by atoms with van der Waals surface area (Å²) in [6.07, 6.45) is 0.204. The van der Waals surface area contributed by atoms with Gasteiger partial charge in [-0.3, -0.25) is 14.4 Å². The Balaban J connectivity index is 3.18. The summed E-state index contributed by atoms with van der Waals surface area (Å²) in [6.45, 7) is 8.44. The van der Waals surface area contributed by atoms with Crippen molar-refractivity contribution in [3.63, 3.8) is 0 Å². The molecule has 0 bridgehead atoms. The van der Waals surface area contributed by atoms with Gasteiger partial charge in [0.25, 0.3) is 0 Å². The molecule has 1 fully saturated rings. The molecule has 5 heteroatoms. The van der Waals surface area contributed by atoms with Crippen molar-refractivity contribution in [2.45, 2.75) is 58.7 Å². The fourth-order valence-electron chi connectivity index (χ4n) is 2.89. The molecule has 1 unspecified atom stereocenters. The molecule has 3 atom stereocenters. The average Bonchev–Trinajstić information content (AvgIpc) is 2.24. The quantitative estimate of drug-likeness (QED) is 0.740. The molecule has 20 heavy (non-hydrogen) atoms. The lowest BCUT2D eigenvalue weighted by Crippen LogP contribution is -2.57. The van der Waals surface area contributed by atoms with Crippen LogP contribution in [0.25, 0.3) is 0 Å². The summed E-state index contributed by atoms with van der Waals surface area (Å²) in [5.41, 5.74) is -2.04. The van der Waals surface area contributed by atoms with Crippen LogP contribution in [0.2, 0.25) is 0 Å². The predicted octanol–water partition coefficient (Wildman–Crippen LogP) is 1.92. The summed E-state index contributed by atoms with van der Waals surface area (Å²) >= 11 is 0. The average molecular weight is 284 g/mol. The van der Waals surface area contributed by atoms with Gasteiger partial charge in [-0.05, 0) is 33.6 Å². The number of carbonyl (C=O) groups excluding carboxylic acids is 3. The van der Waals surface area contributed by atoms with E-state index in [0.29, 0.717) is 0 Å². The summed E-state index contributed by atoms with van der Waals surface area (Å²) in [4.78, 5) is 36.3. The minimum atomic E-state index is -1.39. The fourth-order valence-corrected chi connectivity index (χ4v) is 2.89. The van der Waals surface area contributed by atoms with Gasteiger partial charge < -0.3 is 9.47 Å². The molecule has 0 radical (unpaired) electrons. The lowest BCUT2D eigenvalue weighted by molar-refractivity contribution is -0.186. The molecule has 5 nitrogen and oxygen atoms in total. The summed E-state index contributed by atoms with van der Waals surface area (Å²) in [5, 5.41) is 0. The zero-order valence-corrected chi connectivity index (χ0v) is 13.1. The Morgan fingerprint density at radius 3 is 2.25 bits per heavy atom. The second-order valence-electron chi connectivity index (χ2n) is 6.56. The summed E-state index contributed by atoms with van der Waals surface area (Å²) in [5.74, 6) is -1.88. The smallest absolute Gasteiger partial charge is 0.313 e. The molecule has 1 aliphatic carbocycles. The largest absolute Gasteiger partial charge is 0.460 e. The first kappa shape index (κ1) is 16.8. The van der Waals surface area contributed by atoms with Crippen LogP contribution in [0.4, 0.5) is 0 Å². The Hall–Kier alpha value is -1.23. The van der Waals surface area contributed by atoms with Gasteiger partial charge >= 0.3 is 5.97 Å². The lowest BCUT2D eigenvalue weighted by atomic mass is 9.67. The minimum absolute atomic E-state index is 0.0608. The first-order valence-corrected chi connectivity index (χ1v) is 6.84. The molecule has 114 valence electrons. The summed E-state index contributed by atoms with van der Waals surface area (Å²) in [6, 6.07) is 0. The normalized spacial score (nSPS) is 31.0. The molecule has 0 aliphatic heterocycles. The van der Waals surface area contributed by atoms with Gasteiger partial charge in [0.05, 0.1) is 5.92 Å². The van der Waals surface area contributed by atoms with Crippen LogP contribution in [0.15, 0.2) is 0 Å². The molecule has 0 N–H and O–H groups in total. The number of rotatable bonds is 3. The van der Waals surface area contributed by atoms with E-state index in [1.54, 1.807) is 27.7 Å². The first-order valence-electron chi connectivity index (χ1n) is 6.84. The van der Waals surface area contributed by atoms with Gasteiger partial charge in [-0.15, -0.1) is 0 Å². The number of carbonyl (C=O) groups is 3. The number of hydrogen-bond donors (Lipinski definition) is 0. The number of ether oxygens (including phenoxy) is 2. The van der Waals surface area contributed by atoms with E-state index in [9.17, 15) is 14.4 Å². The molecule has 0 amide bonds. The highest BCUT2D eigenvalue weighted by atomic mass is 16.6. The fraction of sp³-hybridized carbons (Fsp3) is 0.800. The van der Waals surface area contributed by atoms with E-state index in [4.69, 9.17) is 9.47 Å². The molecule has 0 aromatic rings. The minimum Gasteiger partial charge on any atom is -0.460 e. The molecule has 0 spiro atoms. The molecule has 0 aromatic heterocycles. The van der Waals surface area contributed by atoms with Gasteiger partial charge in [0.2, 0.25) is 0 Å². The monoisotopic (exact) mass is 284 g/mol. The molecule has 1 rings (SSSR count). The van der Waals surface area contributed by atoms with Crippen molar-refractivity contribution < 1.29 is 23.9 Å². The van der Waals surface area contributed by atoms with E-state index in [0.717, 1.165) is 0 Å². The van der Waals surface area contributed by atoms with Crippen LogP contribution in [0, 0.1) is 11.8 Å². The highest BCUT2D eigenvalue weighted by Gasteiger charge is 2.55. The molecule has 0 heterocycles. The van der Waals surface area contributed by atoms with Gasteiger partial charge in [0, 0.05) is 20.0 Å². The Bertz CT molecular complexity index is 420. The van der Waals surface area contributed by atoms with Crippen molar-refractivity contribution in [3.8, 4) is 0 Å². The SMILES string of the molecule is CO[C@]1(C(C)=O)CC(=O)C[C@H](C)C1C(=O)OC(C)(C)C. The topological polar surface area (TPSA) is 69.7 Å². The van der Waals surface area contributed by atoms with Crippen molar-refractivity contribution >= 4 is 17.5 Å². The summed E-state index contributed by atoms with van der Waals surface area (Å²) < 4.78 is 10.8. The third-order valence-electron chi connectivity index (χ3n) is 3.70. The van der Waals surface area contributed by atoms with E-state index in [1.807, 2.05) is 0 Å². The van der Waals surface area contributed by atoms with Crippen LogP contribution in [-0.2, 0) is 23.9 Å². The molecule has 0 saturated heterocycles. The standard InChI is InChI=1S/C15H24O5/c1-9-7-11(17)8-15(19-6,10(2)16)12(9)13(18)20-14(3,4)5/h9,12H,7-8H2,1-6H3/t9-,12?,15-/m0/s1. The third kappa shape index (κ3) is 3.26. The second-order valence-corrected chi connectivity index (χ2v) is 6.56. The number of esters is 1. The Morgan fingerprint density at radius 1 is 1.30 bits per heavy atom. The zero-order chi connectivity index (χ0) is 15.7. The van der Waals surface area contributed by atoms with Crippen molar-refractivity contribution in [3.05, 3.63) is 0 Å². The molecule has 1 saturated carbocycles. The van der Waals surface area contributed by atoms with Crippen LogP contribution >= 0.6 is 0 Å². The Kier molecular flexibility index (Phi) is 4.74. The molecular weight excluding hydrogens is 260 g/mol. The van der Waals surface area contributed by atoms with Crippen molar-refractivity contribution in [2.75, 3.05) is 7.11 Å². The highest BCUT2D eigenvalue weighted by Crippen LogP contribution is 2.40. The summed E-state index contributed by atoms with van der Waals surface area (Å²) in [7, 11) is 1.37. The predicted molar refractivity (Wildman–Crippen MR) is 73.2 cm³/mol. The van der Waals surface area contributed by atoms with Crippen LogP contribution in [0.5, 0.6) is 0 Å². The van der Waals surface area contributed by atoms with Crippen molar-refractivity contribution in [1.29, 1.82) is 0 Å². The Morgan fingerprint density at radius 2 is 1.85 bits per heavy atom. The zero-order valence-electron chi connectivity index (χ0n) is 13.1. The maximum absolute atomic E-state index is 12.4. The van der Waals surface area contributed by atoms with Crippen molar-refractivity contribution in [1.82, 2.24) is 0 Å². The maximum atomic E-state index is 12.4. The molecule has 0 aromatic carbocycles. The van der Waals surface area contributed by atoms with Crippen LogP contribution < -0.4 is 0 Å². The number of Topliss-reactive ketones (excluding diaryl/α,β-unsaturated/α-hetero) is 2.